The van der Waals surface area contributed by atoms with Crippen LogP contribution in [0, 0.1) is 10.5 Å². The maximum atomic E-state index is 12.4. The van der Waals surface area contributed by atoms with Crippen molar-refractivity contribution in [3.05, 3.63) is 63.1 Å². The zero-order chi connectivity index (χ0) is 14.1. The van der Waals surface area contributed by atoms with Gasteiger partial charge in [0, 0.05) is 9.13 Å². The van der Waals surface area contributed by atoms with Crippen molar-refractivity contribution in [1.82, 2.24) is 4.98 Å². The van der Waals surface area contributed by atoms with Crippen molar-refractivity contribution in [2.24, 2.45) is 0 Å². The van der Waals surface area contributed by atoms with Gasteiger partial charge in [-0.05, 0) is 47.2 Å². The molecule has 0 aliphatic rings. The highest BCUT2D eigenvalue weighted by Crippen LogP contribution is 2.20. The van der Waals surface area contributed by atoms with E-state index in [1.807, 2.05) is 49.4 Å². The lowest BCUT2D eigenvalue weighted by molar-refractivity contribution is 0.0985. The van der Waals surface area contributed by atoms with Gasteiger partial charge in [-0.15, -0.1) is 0 Å². The van der Waals surface area contributed by atoms with E-state index in [9.17, 15) is 4.79 Å². The lowest BCUT2D eigenvalue weighted by Crippen LogP contribution is -2.06. The van der Waals surface area contributed by atoms with Crippen LogP contribution in [0.5, 0.6) is 0 Å². The number of carbonyl (C=O) groups excluding carboxylic acids is 1. The Bertz CT molecular complexity index is 759. The first-order valence-corrected chi connectivity index (χ1v) is 7.36. The van der Waals surface area contributed by atoms with Crippen LogP contribution in [-0.2, 0) is 6.42 Å². The van der Waals surface area contributed by atoms with E-state index in [0.717, 1.165) is 20.2 Å². The number of carbonyl (C=O) groups is 1. The Morgan fingerprint density at radius 2 is 2.00 bits per heavy atom. The fourth-order valence-corrected chi connectivity index (χ4v) is 2.75. The molecule has 0 aliphatic heterocycles. The van der Waals surface area contributed by atoms with Crippen LogP contribution < -0.4 is 0 Å². The molecule has 20 heavy (non-hydrogen) atoms. The van der Waals surface area contributed by atoms with Crippen LogP contribution in [0.1, 0.15) is 21.8 Å². The highest BCUT2D eigenvalue weighted by atomic mass is 127. The first kappa shape index (κ1) is 13.3. The predicted molar refractivity (Wildman–Crippen MR) is 85.9 cm³/mol. The summed E-state index contributed by atoms with van der Waals surface area (Å²) in [4.78, 5) is 16.7. The van der Waals surface area contributed by atoms with Crippen LogP contribution in [0.4, 0.5) is 0 Å². The number of aromatic nitrogens is 1. The molecule has 0 radical (unpaired) electrons. The molecule has 3 aromatic rings. The number of hydrogen-bond donors (Lipinski definition) is 0. The Labute approximate surface area is 130 Å². The van der Waals surface area contributed by atoms with Gasteiger partial charge in [0.2, 0.25) is 5.89 Å². The molecule has 0 spiro atoms. The molecule has 0 unspecified atom stereocenters. The van der Waals surface area contributed by atoms with Gasteiger partial charge in [-0.3, -0.25) is 4.79 Å². The molecule has 2 aromatic carbocycles. The first-order chi connectivity index (χ1) is 9.65. The minimum absolute atomic E-state index is 0.0321. The van der Waals surface area contributed by atoms with E-state index in [-0.39, 0.29) is 12.2 Å². The molecule has 0 N–H and O–H groups in total. The second-order valence-corrected chi connectivity index (χ2v) is 5.69. The van der Waals surface area contributed by atoms with Gasteiger partial charge >= 0.3 is 0 Å². The number of para-hydroxylation sites is 2. The molecule has 1 heterocycles. The minimum atomic E-state index is 0.0321. The van der Waals surface area contributed by atoms with Crippen molar-refractivity contribution < 1.29 is 9.21 Å². The molecule has 0 bridgehead atoms. The summed E-state index contributed by atoms with van der Waals surface area (Å²) in [7, 11) is 0. The summed E-state index contributed by atoms with van der Waals surface area (Å²) in [6.45, 7) is 2.00. The summed E-state index contributed by atoms with van der Waals surface area (Å²) in [5, 5.41) is 0. The Morgan fingerprint density at radius 3 is 2.80 bits per heavy atom. The van der Waals surface area contributed by atoms with Gasteiger partial charge in [-0.1, -0.05) is 30.3 Å². The Hall–Kier alpha value is -1.69. The van der Waals surface area contributed by atoms with Gasteiger partial charge in [-0.2, -0.15) is 0 Å². The molecule has 100 valence electrons. The molecular weight excluding hydrogens is 365 g/mol. The van der Waals surface area contributed by atoms with E-state index in [1.165, 1.54) is 0 Å². The number of nitrogens with zero attached hydrogens (tertiary/aromatic N) is 1. The summed E-state index contributed by atoms with van der Waals surface area (Å²) >= 11 is 2.21. The van der Waals surface area contributed by atoms with Gasteiger partial charge in [0.05, 0.1) is 6.42 Å². The van der Waals surface area contributed by atoms with E-state index in [4.69, 9.17) is 4.42 Å². The Kier molecular flexibility index (Phi) is 3.56. The van der Waals surface area contributed by atoms with Crippen LogP contribution in [-0.4, -0.2) is 10.8 Å². The summed E-state index contributed by atoms with van der Waals surface area (Å²) in [6.07, 6.45) is 0.189. The van der Waals surface area contributed by atoms with E-state index >= 15 is 0 Å². The quantitative estimate of drug-likeness (QED) is 0.509. The van der Waals surface area contributed by atoms with Crippen molar-refractivity contribution in [1.29, 1.82) is 0 Å². The number of Topliss-reactive ketones (excluding diaryl/α,β-unsaturated/α-hetero) is 1. The molecular formula is C16H12INO2. The fourth-order valence-electron chi connectivity index (χ4n) is 2.09. The van der Waals surface area contributed by atoms with Gasteiger partial charge in [0.15, 0.2) is 11.4 Å². The number of fused-ring (bicyclic) bond motifs is 1. The van der Waals surface area contributed by atoms with Crippen LogP contribution in [0.2, 0.25) is 0 Å². The number of rotatable bonds is 3. The zero-order valence-corrected chi connectivity index (χ0v) is 13.0. The number of benzene rings is 2. The second-order valence-electron chi connectivity index (χ2n) is 4.61. The highest BCUT2D eigenvalue weighted by molar-refractivity contribution is 14.1. The highest BCUT2D eigenvalue weighted by Gasteiger charge is 2.15. The lowest BCUT2D eigenvalue weighted by Gasteiger charge is -2.04. The van der Waals surface area contributed by atoms with E-state index in [0.29, 0.717) is 11.5 Å². The van der Waals surface area contributed by atoms with Crippen molar-refractivity contribution in [2.75, 3.05) is 0 Å². The molecule has 0 fully saturated rings. The molecule has 0 saturated carbocycles. The molecule has 1 aromatic heterocycles. The van der Waals surface area contributed by atoms with Crippen molar-refractivity contribution in [3.63, 3.8) is 0 Å². The maximum Gasteiger partial charge on any atom is 0.203 e. The summed E-state index contributed by atoms with van der Waals surface area (Å²) in [5.74, 6) is 0.498. The largest absolute Gasteiger partial charge is 0.440 e. The average Bonchev–Trinajstić information content (AvgIpc) is 2.83. The van der Waals surface area contributed by atoms with Gasteiger partial charge in [0.1, 0.15) is 5.52 Å². The number of hydrogen-bond acceptors (Lipinski definition) is 3. The monoisotopic (exact) mass is 377 g/mol. The Morgan fingerprint density at radius 1 is 1.20 bits per heavy atom. The molecule has 3 rings (SSSR count). The van der Waals surface area contributed by atoms with Crippen molar-refractivity contribution in [2.45, 2.75) is 13.3 Å². The second kappa shape index (κ2) is 5.36. The number of ketones is 1. The third kappa shape index (κ3) is 2.47. The number of oxazole rings is 1. The average molecular weight is 377 g/mol. The van der Waals surface area contributed by atoms with Gasteiger partial charge in [-0.25, -0.2) is 4.98 Å². The van der Waals surface area contributed by atoms with Crippen molar-refractivity contribution >= 4 is 39.5 Å². The molecule has 0 aliphatic carbocycles. The zero-order valence-electron chi connectivity index (χ0n) is 10.9. The third-order valence-corrected chi connectivity index (χ3v) is 4.57. The summed E-state index contributed by atoms with van der Waals surface area (Å²) in [6, 6.07) is 13.3. The first-order valence-electron chi connectivity index (χ1n) is 6.28. The van der Waals surface area contributed by atoms with E-state index in [1.54, 1.807) is 0 Å². The van der Waals surface area contributed by atoms with E-state index < -0.39 is 0 Å². The standard InChI is InChI=1S/C16H12INO2/c1-10-5-4-6-11(16(10)17)13(19)9-15-18-12-7-2-3-8-14(12)20-15/h2-8H,9H2,1H3. The minimum Gasteiger partial charge on any atom is -0.440 e. The van der Waals surface area contributed by atoms with Crippen LogP contribution >= 0.6 is 22.6 Å². The maximum absolute atomic E-state index is 12.4. The molecule has 0 saturated heterocycles. The lowest BCUT2D eigenvalue weighted by atomic mass is 10.1. The van der Waals surface area contributed by atoms with Gasteiger partial charge < -0.3 is 4.42 Å². The summed E-state index contributed by atoms with van der Waals surface area (Å²) < 4.78 is 6.59. The van der Waals surface area contributed by atoms with Crippen LogP contribution in [0.15, 0.2) is 46.9 Å². The molecule has 0 amide bonds. The number of halogens is 1. The molecule has 0 atom stereocenters. The van der Waals surface area contributed by atoms with E-state index in [2.05, 4.69) is 27.6 Å². The third-order valence-electron chi connectivity index (χ3n) is 3.14. The molecule has 4 heteroatoms. The van der Waals surface area contributed by atoms with Crippen LogP contribution in [0.3, 0.4) is 0 Å². The van der Waals surface area contributed by atoms with Gasteiger partial charge in [0.25, 0.3) is 0 Å². The SMILES string of the molecule is Cc1cccc(C(=O)Cc2nc3ccccc3o2)c1I. The normalized spacial score (nSPS) is 10.9. The molecule has 3 nitrogen and oxygen atoms in total. The Balaban J connectivity index is 1.90. The fraction of sp³-hybridized carbons (Fsp3) is 0.125. The topological polar surface area (TPSA) is 43.1 Å². The smallest absolute Gasteiger partial charge is 0.203 e. The van der Waals surface area contributed by atoms with Crippen molar-refractivity contribution in [3.8, 4) is 0 Å². The van der Waals surface area contributed by atoms with Crippen LogP contribution in [0.25, 0.3) is 11.1 Å². The predicted octanol–water partition coefficient (Wildman–Crippen LogP) is 4.17. The number of aryl methyl sites for hydroxylation is 1. The summed E-state index contributed by atoms with van der Waals surface area (Å²) in [5.41, 5.74) is 3.34.